The minimum atomic E-state index is 0.526. The number of aryl methyl sites for hydroxylation is 1. The maximum Gasteiger partial charge on any atom is 0.107 e. The SMILES string of the molecule is CCCc1ccc(-c2csc(CN)n2)cc1. The van der Waals surface area contributed by atoms with Crippen LogP contribution in [0.5, 0.6) is 0 Å². The minimum Gasteiger partial charge on any atom is -0.325 e. The topological polar surface area (TPSA) is 38.9 Å². The Labute approximate surface area is 100 Å². The molecular weight excluding hydrogens is 216 g/mol. The van der Waals surface area contributed by atoms with Crippen molar-refractivity contribution in [1.29, 1.82) is 0 Å². The van der Waals surface area contributed by atoms with Crippen molar-refractivity contribution in [2.75, 3.05) is 0 Å². The summed E-state index contributed by atoms with van der Waals surface area (Å²) in [6.45, 7) is 2.72. The van der Waals surface area contributed by atoms with Gasteiger partial charge in [-0.1, -0.05) is 37.6 Å². The third-order valence-electron chi connectivity index (χ3n) is 2.51. The van der Waals surface area contributed by atoms with E-state index in [4.69, 9.17) is 5.73 Å². The van der Waals surface area contributed by atoms with Gasteiger partial charge in [-0.15, -0.1) is 11.3 Å². The lowest BCUT2D eigenvalue weighted by molar-refractivity contribution is 0.922. The average molecular weight is 232 g/mol. The van der Waals surface area contributed by atoms with Gasteiger partial charge >= 0.3 is 0 Å². The second-order valence-corrected chi connectivity index (χ2v) is 4.72. The fraction of sp³-hybridized carbons (Fsp3) is 0.308. The first-order chi connectivity index (χ1) is 7.83. The van der Waals surface area contributed by atoms with Gasteiger partial charge in [0.15, 0.2) is 0 Å². The molecule has 1 heterocycles. The van der Waals surface area contributed by atoms with Crippen LogP contribution < -0.4 is 5.73 Å². The molecule has 0 amide bonds. The van der Waals surface area contributed by atoms with Crippen LogP contribution in [-0.2, 0) is 13.0 Å². The van der Waals surface area contributed by atoms with Crippen LogP contribution in [0.1, 0.15) is 23.9 Å². The van der Waals surface area contributed by atoms with Crippen LogP contribution in [0.2, 0.25) is 0 Å². The lowest BCUT2D eigenvalue weighted by atomic mass is 10.1. The third-order valence-corrected chi connectivity index (χ3v) is 3.39. The summed E-state index contributed by atoms with van der Waals surface area (Å²) in [6, 6.07) is 8.64. The zero-order chi connectivity index (χ0) is 11.4. The minimum absolute atomic E-state index is 0.526. The molecule has 0 saturated heterocycles. The zero-order valence-corrected chi connectivity index (χ0v) is 10.3. The standard InChI is InChI=1S/C13H16N2S/c1-2-3-10-4-6-11(7-5-10)12-9-16-13(8-14)15-12/h4-7,9H,2-3,8,14H2,1H3. The predicted octanol–water partition coefficient (Wildman–Crippen LogP) is 3.22. The van der Waals surface area contributed by atoms with Crippen molar-refractivity contribution in [2.45, 2.75) is 26.3 Å². The van der Waals surface area contributed by atoms with Crippen molar-refractivity contribution in [1.82, 2.24) is 4.98 Å². The van der Waals surface area contributed by atoms with E-state index in [9.17, 15) is 0 Å². The predicted molar refractivity (Wildman–Crippen MR) is 69.4 cm³/mol. The van der Waals surface area contributed by atoms with Gasteiger partial charge in [0.05, 0.1) is 5.69 Å². The highest BCUT2D eigenvalue weighted by Gasteiger charge is 2.03. The van der Waals surface area contributed by atoms with Crippen molar-refractivity contribution in [3.8, 4) is 11.3 Å². The summed E-state index contributed by atoms with van der Waals surface area (Å²) in [5, 5.41) is 3.06. The van der Waals surface area contributed by atoms with Crippen LogP contribution in [0.4, 0.5) is 0 Å². The van der Waals surface area contributed by atoms with E-state index >= 15 is 0 Å². The van der Waals surface area contributed by atoms with Gasteiger partial charge in [0.1, 0.15) is 5.01 Å². The first-order valence-electron chi connectivity index (χ1n) is 5.57. The van der Waals surface area contributed by atoms with Crippen molar-refractivity contribution in [3.05, 3.63) is 40.2 Å². The third kappa shape index (κ3) is 2.49. The molecule has 2 N–H and O–H groups in total. The maximum atomic E-state index is 5.55. The number of nitrogens with two attached hydrogens (primary N) is 1. The Hall–Kier alpha value is -1.19. The molecule has 0 bridgehead atoms. The lowest BCUT2D eigenvalue weighted by Gasteiger charge is -2.00. The second-order valence-electron chi connectivity index (χ2n) is 3.78. The summed E-state index contributed by atoms with van der Waals surface area (Å²) in [6.07, 6.45) is 2.33. The summed E-state index contributed by atoms with van der Waals surface area (Å²) in [7, 11) is 0. The molecule has 0 unspecified atom stereocenters. The van der Waals surface area contributed by atoms with Gasteiger partial charge in [0, 0.05) is 17.5 Å². The number of rotatable bonds is 4. The summed E-state index contributed by atoms with van der Waals surface area (Å²) in [5.41, 5.74) is 9.15. The highest BCUT2D eigenvalue weighted by molar-refractivity contribution is 7.09. The largest absolute Gasteiger partial charge is 0.325 e. The van der Waals surface area contributed by atoms with Crippen LogP contribution in [0.15, 0.2) is 29.6 Å². The van der Waals surface area contributed by atoms with Crippen molar-refractivity contribution < 1.29 is 0 Å². The molecule has 0 fully saturated rings. The highest BCUT2D eigenvalue weighted by Crippen LogP contribution is 2.22. The van der Waals surface area contributed by atoms with Gasteiger partial charge in [-0.05, 0) is 12.0 Å². The van der Waals surface area contributed by atoms with Gasteiger partial charge in [0.2, 0.25) is 0 Å². The summed E-state index contributed by atoms with van der Waals surface area (Å²) in [4.78, 5) is 4.47. The summed E-state index contributed by atoms with van der Waals surface area (Å²) < 4.78 is 0. The molecule has 16 heavy (non-hydrogen) atoms. The normalized spacial score (nSPS) is 10.6. The Morgan fingerprint density at radius 3 is 2.56 bits per heavy atom. The molecule has 2 nitrogen and oxygen atoms in total. The number of aromatic nitrogens is 1. The average Bonchev–Trinajstić information content (AvgIpc) is 2.79. The Kier molecular flexibility index (Phi) is 3.70. The van der Waals surface area contributed by atoms with Crippen molar-refractivity contribution in [2.24, 2.45) is 5.73 Å². The molecule has 0 atom stereocenters. The van der Waals surface area contributed by atoms with Gasteiger partial charge in [-0.2, -0.15) is 0 Å². The zero-order valence-electron chi connectivity index (χ0n) is 9.44. The van der Waals surface area contributed by atoms with E-state index < -0.39 is 0 Å². The van der Waals surface area contributed by atoms with E-state index in [0.29, 0.717) is 6.54 Å². The molecule has 0 aliphatic carbocycles. The molecule has 1 aromatic carbocycles. The van der Waals surface area contributed by atoms with Crippen LogP contribution >= 0.6 is 11.3 Å². The number of benzene rings is 1. The number of nitrogens with zero attached hydrogens (tertiary/aromatic N) is 1. The molecule has 0 spiro atoms. The van der Waals surface area contributed by atoms with Crippen molar-refractivity contribution >= 4 is 11.3 Å². The highest BCUT2D eigenvalue weighted by atomic mass is 32.1. The fourth-order valence-corrected chi connectivity index (χ4v) is 2.35. The second kappa shape index (κ2) is 5.23. The van der Waals surface area contributed by atoms with Gasteiger partial charge in [-0.3, -0.25) is 0 Å². The van der Waals surface area contributed by atoms with E-state index in [-0.39, 0.29) is 0 Å². The first-order valence-corrected chi connectivity index (χ1v) is 6.45. The van der Waals surface area contributed by atoms with Crippen molar-refractivity contribution in [3.63, 3.8) is 0 Å². The lowest BCUT2D eigenvalue weighted by Crippen LogP contribution is -1.94. The number of thiazole rings is 1. The van der Waals surface area contributed by atoms with E-state index in [1.807, 2.05) is 0 Å². The monoisotopic (exact) mass is 232 g/mol. The van der Waals surface area contributed by atoms with Crippen LogP contribution in [-0.4, -0.2) is 4.98 Å². The number of hydrogen-bond donors (Lipinski definition) is 1. The van der Waals surface area contributed by atoms with Crippen LogP contribution in [0.3, 0.4) is 0 Å². The molecule has 0 aliphatic rings. The molecule has 0 radical (unpaired) electrons. The number of hydrogen-bond acceptors (Lipinski definition) is 3. The first kappa shape index (κ1) is 11.3. The molecule has 84 valence electrons. The molecule has 1 aromatic heterocycles. The van der Waals surface area contributed by atoms with Crippen LogP contribution in [0, 0.1) is 0 Å². The quantitative estimate of drug-likeness (QED) is 0.879. The molecule has 3 heteroatoms. The molecule has 0 saturated carbocycles. The molecular formula is C13H16N2S. The van der Waals surface area contributed by atoms with Gasteiger partial charge in [-0.25, -0.2) is 4.98 Å². The fourth-order valence-electron chi connectivity index (χ4n) is 1.67. The maximum absolute atomic E-state index is 5.55. The van der Waals surface area contributed by atoms with Gasteiger partial charge in [0.25, 0.3) is 0 Å². The summed E-state index contributed by atoms with van der Waals surface area (Å²) in [5.74, 6) is 0. The molecule has 0 aliphatic heterocycles. The van der Waals surface area contributed by atoms with E-state index in [1.165, 1.54) is 17.5 Å². The van der Waals surface area contributed by atoms with E-state index in [2.05, 4.69) is 41.6 Å². The Balaban J connectivity index is 2.20. The summed E-state index contributed by atoms with van der Waals surface area (Å²) >= 11 is 1.62. The smallest absolute Gasteiger partial charge is 0.107 e. The van der Waals surface area contributed by atoms with Gasteiger partial charge < -0.3 is 5.73 Å². The van der Waals surface area contributed by atoms with E-state index in [1.54, 1.807) is 11.3 Å². The Morgan fingerprint density at radius 1 is 1.25 bits per heavy atom. The Morgan fingerprint density at radius 2 is 2.00 bits per heavy atom. The molecule has 2 aromatic rings. The molecule has 2 rings (SSSR count). The Bertz CT molecular complexity index is 445. The van der Waals surface area contributed by atoms with E-state index in [0.717, 1.165) is 17.1 Å². The van der Waals surface area contributed by atoms with Crippen LogP contribution in [0.25, 0.3) is 11.3 Å².